The molecule has 3 aromatic rings. The number of rotatable bonds is 5. The van der Waals surface area contributed by atoms with Gasteiger partial charge in [0.2, 0.25) is 5.90 Å². The Morgan fingerprint density at radius 1 is 1.17 bits per heavy atom. The molecule has 30 heavy (non-hydrogen) atoms. The fraction of sp³-hybridized carbons (Fsp3) is 0.136. The van der Waals surface area contributed by atoms with Gasteiger partial charge in [0.15, 0.2) is 11.5 Å². The molecule has 152 valence electrons. The standard InChI is InChI=1S/C22H21N5O2S/c1-30(28)19-8-3-2-7-16(19)17-13-26-21(24)20(27-17)22-25-10-9-18(29-22)15-6-4-5-14(11-15)12-23/h2-9,11,13H,10,12,23H2,1H3,(H2,24,26). The van der Waals surface area contributed by atoms with Crippen molar-refractivity contribution in [2.75, 3.05) is 18.5 Å². The Labute approximate surface area is 177 Å². The first-order valence-electron chi connectivity index (χ1n) is 9.34. The van der Waals surface area contributed by atoms with Crippen molar-refractivity contribution in [3.05, 3.63) is 77.6 Å². The topological polar surface area (TPSA) is 116 Å². The average molecular weight is 420 g/mol. The van der Waals surface area contributed by atoms with Crippen LogP contribution >= 0.6 is 0 Å². The van der Waals surface area contributed by atoms with Crippen LogP contribution in [0.1, 0.15) is 16.8 Å². The predicted molar refractivity (Wildman–Crippen MR) is 119 cm³/mol. The molecule has 4 rings (SSSR count). The molecule has 4 N–H and O–H groups in total. The monoisotopic (exact) mass is 419 g/mol. The number of anilines is 1. The summed E-state index contributed by atoms with van der Waals surface area (Å²) in [5.41, 5.74) is 15.4. The maximum absolute atomic E-state index is 12.1. The Morgan fingerprint density at radius 3 is 2.80 bits per heavy atom. The molecule has 1 atom stereocenters. The van der Waals surface area contributed by atoms with Crippen molar-refractivity contribution >= 4 is 28.3 Å². The fourth-order valence-electron chi connectivity index (χ4n) is 3.16. The summed E-state index contributed by atoms with van der Waals surface area (Å²) in [6.07, 6.45) is 5.09. The zero-order valence-electron chi connectivity index (χ0n) is 16.4. The third kappa shape index (κ3) is 4.00. The van der Waals surface area contributed by atoms with E-state index in [4.69, 9.17) is 16.2 Å². The Kier molecular flexibility index (Phi) is 5.69. The van der Waals surface area contributed by atoms with Crippen LogP contribution in [0.5, 0.6) is 0 Å². The summed E-state index contributed by atoms with van der Waals surface area (Å²) < 4.78 is 18.2. The van der Waals surface area contributed by atoms with Gasteiger partial charge in [-0.3, -0.25) is 4.21 Å². The number of benzene rings is 2. The van der Waals surface area contributed by atoms with E-state index >= 15 is 0 Å². The van der Waals surface area contributed by atoms with Crippen LogP contribution < -0.4 is 11.5 Å². The van der Waals surface area contributed by atoms with Gasteiger partial charge in [0, 0.05) is 28.8 Å². The molecular weight excluding hydrogens is 398 g/mol. The largest absolute Gasteiger partial charge is 0.437 e. The van der Waals surface area contributed by atoms with Gasteiger partial charge >= 0.3 is 0 Å². The van der Waals surface area contributed by atoms with Gasteiger partial charge in [0.25, 0.3) is 0 Å². The van der Waals surface area contributed by atoms with Crippen molar-refractivity contribution in [1.82, 2.24) is 9.97 Å². The maximum Gasteiger partial charge on any atom is 0.245 e. The van der Waals surface area contributed by atoms with E-state index in [0.29, 0.717) is 41.0 Å². The summed E-state index contributed by atoms with van der Waals surface area (Å²) in [7, 11) is -1.17. The molecule has 0 bridgehead atoms. The zero-order valence-corrected chi connectivity index (χ0v) is 17.2. The lowest BCUT2D eigenvalue weighted by Gasteiger charge is -2.17. The predicted octanol–water partition coefficient (Wildman–Crippen LogP) is 2.74. The van der Waals surface area contributed by atoms with E-state index in [1.54, 1.807) is 12.5 Å². The van der Waals surface area contributed by atoms with Gasteiger partial charge in [0.05, 0.1) is 29.2 Å². The number of hydrogen-bond donors (Lipinski definition) is 2. The second-order valence-corrected chi connectivity index (χ2v) is 8.01. The fourth-order valence-corrected chi connectivity index (χ4v) is 3.91. The highest BCUT2D eigenvalue weighted by Gasteiger charge is 2.20. The van der Waals surface area contributed by atoms with Gasteiger partial charge in [-0.05, 0) is 23.8 Å². The SMILES string of the molecule is CS(=O)c1ccccc1-c1cnc(N)c(C2=NCC=C(c3cccc(CN)c3)O2)n1. The van der Waals surface area contributed by atoms with E-state index in [-0.39, 0.29) is 5.82 Å². The van der Waals surface area contributed by atoms with Crippen LogP contribution in [0.3, 0.4) is 0 Å². The molecule has 1 unspecified atom stereocenters. The summed E-state index contributed by atoms with van der Waals surface area (Å²) in [6.45, 7) is 0.874. The Morgan fingerprint density at radius 2 is 2.00 bits per heavy atom. The van der Waals surface area contributed by atoms with E-state index in [1.165, 1.54) is 0 Å². The lowest BCUT2D eigenvalue weighted by molar-refractivity contribution is 0.495. The van der Waals surface area contributed by atoms with Gasteiger partial charge in [-0.2, -0.15) is 0 Å². The smallest absolute Gasteiger partial charge is 0.245 e. The van der Waals surface area contributed by atoms with Crippen molar-refractivity contribution in [2.24, 2.45) is 10.7 Å². The van der Waals surface area contributed by atoms with Crippen molar-refractivity contribution < 1.29 is 8.95 Å². The van der Waals surface area contributed by atoms with Gasteiger partial charge < -0.3 is 16.2 Å². The van der Waals surface area contributed by atoms with E-state index in [0.717, 1.165) is 16.7 Å². The quantitative estimate of drug-likeness (QED) is 0.657. The first-order chi connectivity index (χ1) is 14.6. The molecule has 0 radical (unpaired) electrons. The second-order valence-electron chi connectivity index (χ2n) is 6.66. The Balaban J connectivity index is 1.69. The van der Waals surface area contributed by atoms with Gasteiger partial charge in [0.1, 0.15) is 5.76 Å². The molecule has 0 fully saturated rings. The number of aliphatic imine (C=N–C) groups is 1. The van der Waals surface area contributed by atoms with Crippen LogP contribution in [0.4, 0.5) is 5.82 Å². The van der Waals surface area contributed by atoms with Crippen molar-refractivity contribution in [1.29, 1.82) is 0 Å². The number of nitrogens with two attached hydrogens (primary N) is 2. The highest BCUT2D eigenvalue weighted by atomic mass is 32.2. The highest BCUT2D eigenvalue weighted by Crippen LogP contribution is 2.27. The lowest BCUT2D eigenvalue weighted by atomic mass is 10.1. The summed E-state index contributed by atoms with van der Waals surface area (Å²) in [4.78, 5) is 14.0. The number of hydrogen-bond acceptors (Lipinski definition) is 7. The molecule has 0 aliphatic carbocycles. The van der Waals surface area contributed by atoms with Crippen LogP contribution in [-0.2, 0) is 22.1 Å². The second kappa shape index (κ2) is 8.56. The summed E-state index contributed by atoms with van der Waals surface area (Å²) in [5.74, 6) is 1.18. The van der Waals surface area contributed by atoms with Crippen LogP contribution in [0, 0.1) is 0 Å². The number of nitrogen functional groups attached to an aromatic ring is 1. The van der Waals surface area contributed by atoms with Crippen molar-refractivity contribution in [3.63, 3.8) is 0 Å². The summed E-state index contributed by atoms with van der Waals surface area (Å²) in [5, 5.41) is 0. The summed E-state index contributed by atoms with van der Waals surface area (Å²) >= 11 is 0. The van der Waals surface area contributed by atoms with Gasteiger partial charge in [-0.25, -0.2) is 15.0 Å². The van der Waals surface area contributed by atoms with E-state index < -0.39 is 10.8 Å². The van der Waals surface area contributed by atoms with Crippen LogP contribution in [-0.4, -0.2) is 32.9 Å². The molecule has 1 aromatic heterocycles. The molecule has 1 aliphatic heterocycles. The van der Waals surface area contributed by atoms with E-state index in [9.17, 15) is 4.21 Å². The molecule has 2 aromatic carbocycles. The first-order valence-corrected chi connectivity index (χ1v) is 10.9. The van der Waals surface area contributed by atoms with Gasteiger partial charge in [-0.1, -0.05) is 36.4 Å². The molecule has 7 nitrogen and oxygen atoms in total. The zero-order chi connectivity index (χ0) is 21.1. The Hall–Kier alpha value is -3.36. The molecule has 0 saturated heterocycles. The number of aromatic nitrogens is 2. The van der Waals surface area contributed by atoms with Crippen LogP contribution in [0.15, 0.2) is 70.7 Å². The van der Waals surface area contributed by atoms with E-state index in [1.807, 2.05) is 54.6 Å². The minimum atomic E-state index is -1.17. The molecule has 0 amide bonds. The van der Waals surface area contributed by atoms with E-state index in [2.05, 4.69) is 15.0 Å². The third-order valence-corrected chi connectivity index (χ3v) is 5.62. The third-order valence-electron chi connectivity index (χ3n) is 4.64. The summed E-state index contributed by atoms with van der Waals surface area (Å²) in [6, 6.07) is 15.2. The van der Waals surface area contributed by atoms with Crippen molar-refractivity contribution in [2.45, 2.75) is 11.4 Å². The molecule has 2 heterocycles. The average Bonchev–Trinajstić information content (AvgIpc) is 2.79. The number of nitrogens with zero attached hydrogens (tertiary/aromatic N) is 3. The molecular formula is C22H21N5O2S. The lowest BCUT2D eigenvalue weighted by Crippen LogP contribution is -2.16. The molecule has 1 aliphatic rings. The highest BCUT2D eigenvalue weighted by molar-refractivity contribution is 7.84. The molecule has 8 heteroatoms. The Bertz CT molecular complexity index is 1190. The maximum atomic E-state index is 12.1. The molecule has 0 spiro atoms. The van der Waals surface area contributed by atoms with Crippen molar-refractivity contribution in [3.8, 4) is 11.3 Å². The number of ether oxygens (including phenoxy) is 1. The minimum Gasteiger partial charge on any atom is -0.437 e. The van der Waals surface area contributed by atoms with Crippen LogP contribution in [0.2, 0.25) is 0 Å². The minimum absolute atomic E-state index is 0.213. The normalized spacial score (nSPS) is 14.5. The molecule has 0 saturated carbocycles. The van der Waals surface area contributed by atoms with Gasteiger partial charge in [-0.15, -0.1) is 0 Å². The first kappa shape index (κ1) is 19.9. The van der Waals surface area contributed by atoms with Crippen LogP contribution in [0.25, 0.3) is 17.0 Å².